The first-order valence-electron chi connectivity index (χ1n) is 8.03. The van der Waals surface area contributed by atoms with Crippen LogP contribution in [0, 0.1) is 5.92 Å². The second-order valence-corrected chi connectivity index (χ2v) is 6.48. The third-order valence-electron chi connectivity index (χ3n) is 4.19. The van der Waals surface area contributed by atoms with Gasteiger partial charge in [-0.15, -0.1) is 0 Å². The minimum absolute atomic E-state index is 0.0135. The smallest absolute Gasteiger partial charge is 0.408 e. The van der Waals surface area contributed by atoms with Crippen molar-refractivity contribution in [1.29, 1.82) is 0 Å². The molecule has 7 heteroatoms. The van der Waals surface area contributed by atoms with Crippen LogP contribution in [0.15, 0.2) is 31.9 Å². The molecule has 24 heavy (non-hydrogen) atoms. The van der Waals surface area contributed by atoms with Crippen molar-refractivity contribution in [1.82, 2.24) is 14.7 Å². The maximum absolute atomic E-state index is 12.1. The molecule has 7 nitrogen and oxygen atoms in total. The maximum Gasteiger partial charge on any atom is 0.420 e. The van der Waals surface area contributed by atoms with Gasteiger partial charge < -0.3 is 8.94 Å². The Labute approximate surface area is 137 Å². The van der Waals surface area contributed by atoms with Gasteiger partial charge in [0.05, 0.1) is 12.1 Å². The van der Waals surface area contributed by atoms with Crippen molar-refractivity contribution < 1.29 is 13.7 Å². The molecule has 4 rings (SSSR count). The van der Waals surface area contributed by atoms with E-state index in [4.69, 9.17) is 8.94 Å². The zero-order chi connectivity index (χ0) is 16.8. The van der Waals surface area contributed by atoms with Crippen molar-refractivity contribution in [2.45, 2.75) is 39.2 Å². The van der Waals surface area contributed by atoms with E-state index in [1.54, 1.807) is 18.2 Å². The number of ketones is 1. The van der Waals surface area contributed by atoms with Crippen molar-refractivity contribution in [3.05, 3.63) is 46.0 Å². The minimum Gasteiger partial charge on any atom is -0.408 e. The van der Waals surface area contributed by atoms with Crippen molar-refractivity contribution in [2.24, 2.45) is 5.92 Å². The second kappa shape index (κ2) is 5.43. The molecule has 1 aliphatic carbocycles. The number of hydrogen-bond donors (Lipinski definition) is 0. The van der Waals surface area contributed by atoms with Gasteiger partial charge in [0, 0.05) is 17.4 Å². The summed E-state index contributed by atoms with van der Waals surface area (Å²) in [6, 6.07) is 5.04. The van der Waals surface area contributed by atoms with E-state index in [0.717, 1.165) is 12.8 Å². The molecule has 0 radical (unpaired) electrons. The molecule has 1 saturated carbocycles. The highest BCUT2D eigenvalue weighted by atomic mass is 16.5. The van der Waals surface area contributed by atoms with Gasteiger partial charge in [-0.3, -0.25) is 9.36 Å². The van der Waals surface area contributed by atoms with Crippen LogP contribution in [0.5, 0.6) is 0 Å². The van der Waals surface area contributed by atoms with E-state index in [1.165, 1.54) is 4.57 Å². The molecule has 0 unspecified atom stereocenters. The van der Waals surface area contributed by atoms with E-state index in [0.29, 0.717) is 34.3 Å². The van der Waals surface area contributed by atoms with Gasteiger partial charge in [0.15, 0.2) is 17.2 Å². The van der Waals surface area contributed by atoms with Gasteiger partial charge in [-0.2, -0.15) is 4.98 Å². The second-order valence-electron chi connectivity index (χ2n) is 6.48. The fourth-order valence-corrected chi connectivity index (χ4v) is 2.67. The Kier molecular flexibility index (Phi) is 3.37. The van der Waals surface area contributed by atoms with E-state index < -0.39 is 5.76 Å². The summed E-state index contributed by atoms with van der Waals surface area (Å²) in [4.78, 5) is 28.6. The molecule has 124 valence electrons. The van der Waals surface area contributed by atoms with Gasteiger partial charge in [-0.1, -0.05) is 19.0 Å². The van der Waals surface area contributed by atoms with E-state index in [9.17, 15) is 9.59 Å². The Morgan fingerprint density at radius 1 is 1.38 bits per heavy atom. The summed E-state index contributed by atoms with van der Waals surface area (Å²) in [6.45, 7) is 3.85. The predicted octanol–water partition coefficient (Wildman–Crippen LogP) is 2.74. The van der Waals surface area contributed by atoms with Gasteiger partial charge in [0.1, 0.15) is 0 Å². The fraction of sp³-hybridized carbons (Fsp3) is 0.412. The zero-order valence-electron chi connectivity index (χ0n) is 13.5. The van der Waals surface area contributed by atoms with E-state index in [2.05, 4.69) is 10.1 Å². The molecule has 1 aliphatic rings. The molecule has 0 amide bonds. The third kappa shape index (κ3) is 2.55. The lowest BCUT2D eigenvalue weighted by atomic mass is 10.0. The van der Waals surface area contributed by atoms with Crippen LogP contribution in [0.4, 0.5) is 0 Å². The molecule has 0 N–H and O–H groups in total. The van der Waals surface area contributed by atoms with Crippen molar-refractivity contribution in [3.63, 3.8) is 0 Å². The lowest BCUT2D eigenvalue weighted by Gasteiger charge is -2.04. The summed E-state index contributed by atoms with van der Waals surface area (Å²) >= 11 is 0. The van der Waals surface area contributed by atoms with Crippen LogP contribution in [-0.2, 0) is 6.54 Å². The molecule has 3 aromatic rings. The highest BCUT2D eigenvalue weighted by molar-refractivity contribution is 5.99. The first-order chi connectivity index (χ1) is 11.5. The van der Waals surface area contributed by atoms with Crippen molar-refractivity contribution in [3.8, 4) is 0 Å². The lowest BCUT2D eigenvalue weighted by molar-refractivity contribution is 0.0939. The highest BCUT2D eigenvalue weighted by Crippen LogP contribution is 2.38. The topological polar surface area (TPSA) is 91.1 Å². The Morgan fingerprint density at radius 2 is 2.17 bits per heavy atom. The molecule has 2 aromatic heterocycles. The molecular formula is C17H17N3O4. The Bertz CT molecular complexity index is 975. The van der Waals surface area contributed by atoms with E-state index in [-0.39, 0.29) is 18.2 Å². The molecule has 0 saturated heterocycles. The largest absolute Gasteiger partial charge is 0.420 e. The van der Waals surface area contributed by atoms with Crippen LogP contribution >= 0.6 is 0 Å². The molecule has 0 atom stereocenters. The monoisotopic (exact) mass is 327 g/mol. The lowest BCUT2D eigenvalue weighted by Crippen LogP contribution is -2.15. The summed E-state index contributed by atoms with van der Waals surface area (Å²) in [7, 11) is 0. The quantitative estimate of drug-likeness (QED) is 0.669. The van der Waals surface area contributed by atoms with Gasteiger partial charge in [0.25, 0.3) is 0 Å². The third-order valence-corrected chi connectivity index (χ3v) is 4.19. The standard InChI is InChI=1S/C17H17N3O4/c1-9(2)15(21)11-5-6-12-13(7-11)23-17(22)20(12)8-14-18-16(24-19-14)10-3-4-10/h5-7,9-10H,3-4,8H2,1-2H3. The van der Waals surface area contributed by atoms with Gasteiger partial charge >= 0.3 is 5.76 Å². The van der Waals surface area contributed by atoms with Crippen LogP contribution in [0.1, 0.15) is 54.7 Å². The number of fused-ring (bicyclic) bond motifs is 1. The van der Waals surface area contributed by atoms with Crippen LogP contribution < -0.4 is 5.76 Å². The first-order valence-corrected chi connectivity index (χ1v) is 8.03. The summed E-state index contributed by atoms with van der Waals surface area (Å²) in [5.41, 5.74) is 1.53. The Morgan fingerprint density at radius 3 is 2.88 bits per heavy atom. The number of Topliss-reactive ketones (excluding diaryl/α,β-unsaturated/α-hetero) is 1. The van der Waals surface area contributed by atoms with Crippen LogP contribution in [0.25, 0.3) is 11.1 Å². The van der Waals surface area contributed by atoms with Crippen LogP contribution in [0.2, 0.25) is 0 Å². The number of oxazole rings is 1. The summed E-state index contributed by atoms with van der Waals surface area (Å²) in [5.74, 6) is 0.848. The number of nitrogens with zero attached hydrogens (tertiary/aromatic N) is 3. The fourth-order valence-electron chi connectivity index (χ4n) is 2.67. The molecule has 2 heterocycles. The van der Waals surface area contributed by atoms with E-state index in [1.807, 2.05) is 13.8 Å². The summed E-state index contributed by atoms with van der Waals surface area (Å²) in [5, 5.41) is 3.93. The summed E-state index contributed by atoms with van der Waals surface area (Å²) in [6.07, 6.45) is 2.14. The van der Waals surface area contributed by atoms with Crippen LogP contribution in [0.3, 0.4) is 0 Å². The number of hydrogen-bond acceptors (Lipinski definition) is 6. The predicted molar refractivity (Wildman–Crippen MR) is 85.0 cm³/mol. The molecule has 1 aromatic carbocycles. The van der Waals surface area contributed by atoms with Crippen LogP contribution in [-0.4, -0.2) is 20.5 Å². The van der Waals surface area contributed by atoms with Crippen molar-refractivity contribution >= 4 is 16.9 Å². The minimum atomic E-state index is -0.503. The first kappa shape index (κ1) is 14.9. The van der Waals surface area contributed by atoms with Gasteiger partial charge in [-0.25, -0.2) is 4.79 Å². The van der Waals surface area contributed by atoms with Crippen molar-refractivity contribution in [2.75, 3.05) is 0 Å². The molecule has 0 bridgehead atoms. The number of rotatable bonds is 5. The molecule has 1 fully saturated rings. The molecule has 0 spiro atoms. The Balaban J connectivity index is 1.68. The Hall–Kier alpha value is -2.70. The number of aromatic nitrogens is 3. The molecule has 0 aliphatic heterocycles. The van der Waals surface area contributed by atoms with Gasteiger partial charge in [-0.05, 0) is 31.0 Å². The normalized spacial score (nSPS) is 14.6. The summed E-state index contributed by atoms with van der Waals surface area (Å²) < 4.78 is 11.9. The SMILES string of the molecule is CC(C)C(=O)c1ccc2c(c1)oc(=O)n2Cc1noc(C2CC2)n1. The molecular weight excluding hydrogens is 310 g/mol. The van der Waals surface area contributed by atoms with E-state index >= 15 is 0 Å². The number of benzene rings is 1. The number of carbonyl (C=O) groups is 1. The maximum atomic E-state index is 12.1. The average Bonchev–Trinajstić information content (AvgIpc) is 3.23. The zero-order valence-corrected chi connectivity index (χ0v) is 13.5. The number of carbonyl (C=O) groups excluding carboxylic acids is 1. The van der Waals surface area contributed by atoms with Gasteiger partial charge in [0.2, 0.25) is 5.89 Å². The average molecular weight is 327 g/mol. The highest BCUT2D eigenvalue weighted by Gasteiger charge is 2.29.